The summed E-state index contributed by atoms with van der Waals surface area (Å²) in [5.74, 6) is -1.88. The van der Waals surface area contributed by atoms with Crippen LogP contribution in [0.4, 0.5) is 0 Å². The van der Waals surface area contributed by atoms with Crippen LogP contribution in [0.5, 0.6) is 0 Å². The summed E-state index contributed by atoms with van der Waals surface area (Å²) in [6.45, 7) is 11.4. The van der Waals surface area contributed by atoms with Gasteiger partial charge in [0.15, 0.2) is 0 Å². The maximum atomic E-state index is 13.3. The third-order valence-electron chi connectivity index (χ3n) is 4.92. The molecule has 0 aromatic heterocycles. The molecule has 1 rings (SSSR count). The Morgan fingerprint density at radius 1 is 1.07 bits per heavy atom. The predicted molar refractivity (Wildman–Crippen MR) is 105 cm³/mol. The fraction of sp³-hybridized carbons (Fsp3) is 0.842. The minimum Gasteiger partial charge on any atom is -0.379 e. The number of nitrogens with one attached hydrogen (secondary N) is 3. The first kappa shape index (κ1) is 24.3. The van der Waals surface area contributed by atoms with Crippen molar-refractivity contribution in [2.24, 2.45) is 17.3 Å². The van der Waals surface area contributed by atoms with Gasteiger partial charge in [-0.1, -0.05) is 34.6 Å². The van der Waals surface area contributed by atoms with Crippen molar-refractivity contribution < 1.29 is 24.3 Å². The molecule has 3 atom stereocenters. The Morgan fingerprint density at radius 3 is 2.07 bits per heavy atom. The Morgan fingerprint density at radius 2 is 1.64 bits per heavy atom. The average molecular weight is 401 g/mol. The summed E-state index contributed by atoms with van der Waals surface area (Å²) in [5.41, 5.74) is 1.20. The van der Waals surface area contributed by atoms with E-state index in [1.54, 1.807) is 5.48 Å². The zero-order valence-electron chi connectivity index (χ0n) is 17.9. The number of amides is 3. The highest BCUT2D eigenvalue weighted by atomic mass is 16.5. The largest absolute Gasteiger partial charge is 0.379 e. The van der Waals surface area contributed by atoms with Crippen LogP contribution in [-0.2, 0) is 19.1 Å². The van der Waals surface area contributed by atoms with Gasteiger partial charge >= 0.3 is 0 Å². The molecule has 1 fully saturated rings. The molecule has 9 nitrogen and oxygen atoms in total. The van der Waals surface area contributed by atoms with Gasteiger partial charge in [0.05, 0.1) is 19.1 Å². The molecule has 0 unspecified atom stereocenters. The molecule has 1 aliphatic rings. The van der Waals surface area contributed by atoms with Crippen LogP contribution in [0.25, 0.3) is 0 Å². The second kappa shape index (κ2) is 10.7. The molecule has 0 aromatic carbocycles. The highest BCUT2D eigenvalue weighted by Crippen LogP contribution is 2.25. The lowest BCUT2D eigenvalue weighted by Crippen LogP contribution is -2.60. The minimum absolute atomic E-state index is 0.138. The van der Waals surface area contributed by atoms with Gasteiger partial charge in [-0.05, 0) is 17.8 Å². The van der Waals surface area contributed by atoms with Crippen molar-refractivity contribution in [3.63, 3.8) is 0 Å². The van der Waals surface area contributed by atoms with Crippen LogP contribution < -0.4 is 16.1 Å². The molecular weight excluding hydrogens is 364 g/mol. The number of hydrogen-bond acceptors (Lipinski definition) is 6. The van der Waals surface area contributed by atoms with Crippen molar-refractivity contribution in [1.29, 1.82) is 0 Å². The summed E-state index contributed by atoms with van der Waals surface area (Å²) in [5, 5.41) is 14.7. The Hall–Kier alpha value is -1.71. The van der Waals surface area contributed by atoms with Gasteiger partial charge in [-0.25, -0.2) is 5.48 Å². The molecule has 162 valence electrons. The maximum absolute atomic E-state index is 13.3. The quantitative estimate of drug-likeness (QED) is 0.340. The fourth-order valence-corrected chi connectivity index (χ4v) is 3.48. The van der Waals surface area contributed by atoms with Crippen LogP contribution in [0.3, 0.4) is 0 Å². The van der Waals surface area contributed by atoms with Crippen molar-refractivity contribution in [2.75, 3.05) is 33.4 Å². The second-order valence-electron chi connectivity index (χ2n) is 8.73. The Labute approximate surface area is 167 Å². The van der Waals surface area contributed by atoms with E-state index in [0.29, 0.717) is 32.7 Å². The number of likely N-dealkylation sites (N-methyl/N-ethyl adjacent to an activating group) is 1. The average Bonchev–Trinajstić information content (AvgIpc) is 2.64. The number of rotatable bonds is 8. The summed E-state index contributed by atoms with van der Waals surface area (Å²) in [7, 11) is 1.52. The van der Waals surface area contributed by atoms with Gasteiger partial charge in [-0.15, -0.1) is 0 Å². The van der Waals surface area contributed by atoms with Crippen molar-refractivity contribution in [3.05, 3.63) is 0 Å². The molecule has 0 spiro atoms. The van der Waals surface area contributed by atoms with E-state index in [-0.39, 0.29) is 17.7 Å². The van der Waals surface area contributed by atoms with E-state index in [2.05, 4.69) is 10.6 Å². The Balaban J connectivity index is 3.18. The topological polar surface area (TPSA) is 120 Å². The van der Waals surface area contributed by atoms with E-state index < -0.39 is 29.3 Å². The van der Waals surface area contributed by atoms with Gasteiger partial charge in [0.2, 0.25) is 11.8 Å². The summed E-state index contributed by atoms with van der Waals surface area (Å²) in [4.78, 5) is 39.9. The Bertz CT molecular complexity index is 541. The lowest BCUT2D eigenvalue weighted by atomic mass is 9.83. The number of carbonyl (C=O) groups excluding carboxylic acids is 3. The summed E-state index contributed by atoms with van der Waals surface area (Å²) in [6, 6.07) is -1.59. The molecule has 0 bridgehead atoms. The van der Waals surface area contributed by atoms with Gasteiger partial charge in [0.1, 0.15) is 12.1 Å². The zero-order chi connectivity index (χ0) is 21.5. The Kier molecular flexibility index (Phi) is 9.32. The van der Waals surface area contributed by atoms with Gasteiger partial charge < -0.3 is 15.4 Å². The van der Waals surface area contributed by atoms with Gasteiger partial charge in [-0.2, -0.15) is 0 Å². The van der Waals surface area contributed by atoms with Crippen molar-refractivity contribution >= 4 is 17.7 Å². The van der Waals surface area contributed by atoms with Crippen molar-refractivity contribution in [1.82, 2.24) is 21.0 Å². The zero-order valence-corrected chi connectivity index (χ0v) is 17.9. The molecular formula is C19H36N4O5. The molecule has 3 amide bonds. The molecule has 1 saturated heterocycles. The van der Waals surface area contributed by atoms with Gasteiger partial charge in [-0.3, -0.25) is 24.5 Å². The van der Waals surface area contributed by atoms with Crippen LogP contribution in [0.15, 0.2) is 0 Å². The minimum atomic E-state index is -0.846. The molecule has 1 heterocycles. The third-order valence-corrected chi connectivity index (χ3v) is 4.92. The molecule has 0 aliphatic carbocycles. The molecule has 4 N–H and O–H groups in total. The van der Waals surface area contributed by atoms with Crippen LogP contribution in [-0.4, -0.2) is 73.3 Å². The monoisotopic (exact) mass is 400 g/mol. The van der Waals surface area contributed by atoms with Crippen LogP contribution in [0.1, 0.15) is 41.0 Å². The number of hydroxylamine groups is 1. The first-order valence-electron chi connectivity index (χ1n) is 9.80. The second-order valence-corrected chi connectivity index (χ2v) is 8.73. The number of nitrogens with zero attached hydrogens (tertiary/aromatic N) is 1. The van der Waals surface area contributed by atoms with Crippen LogP contribution >= 0.6 is 0 Å². The van der Waals surface area contributed by atoms with E-state index in [4.69, 9.17) is 4.74 Å². The highest BCUT2D eigenvalue weighted by molar-refractivity contribution is 5.93. The standard InChI is InChI=1S/C19H36N4O5/c1-12(2)11-13(14(17(25)22-27)23-7-9-28-10-8-23)16(24)21-15(18(26)20-6)19(3,4)5/h12-15,27H,7-11H2,1-6H3,(H,20,26)(H,21,24)(H,22,25)/t13-,14-,15+/m0/s1. The SMILES string of the molecule is CNC(=O)[C@@H](NC(=O)[C@@H](CC(C)C)[C@@H](C(=O)NO)N1CCOCC1)C(C)(C)C. The van der Waals surface area contributed by atoms with E-state index in [9.17, 15) is 19.6 Å². The molecule has 0 radical (unpaired) electrons. The predicted octanol–water partition coefficient (Wildman–Crippen LogP) is 0.132. The van der Waals surface area contributed by atoms with E-state index in [1.807, 2.05) is 39.5 Å². The van der Waals surface area contributed by atoms with Crippen molar-refractivity contribution in [2.45, 2.75) is 53.1 Å². The van der Waals surface area contributed by atoms with Crippen LogP contribution in [0, 0.1) is 17.3 Å². The summed E-state index contributed by atoms with van der Waals surface area (Å²) in [6.07, 6.45) is 0.436. The maximum Gasteiger partial charge on any atom is 0.261 e. The van der Waals surface area contributed by atoms with Gasteiger partial charge in [0.25, 0.3) is 5.91 Å². The molecule has 1 aliphatic heterocycles. The third kappa shape index (κ3) is 6.72. The molecule has 0 aromatic rings. The molecule has 0 saturated carbocycles. The number of carbonyl (C=O) groups is 3. The van der Waals surface area contributed by atoms with Crippen LogP contribution in [0.2, 0.25) is 0 Å². The first-order chi connectivity index (χ1) is 13.0. The highest BCUT2D eigenvalue weighted by Gasteiger charge is 2.41. The molecule has 9 heteroatoms. The summed E-state index contributed by atoms with van der Waals surface area (Å²) < 4.78 is 5.35. The lowest BCUT2D eigenvalue weighted by molar-refractivity contribution is -0.146. The van der Waals surface area contributed by atoms with E-state index in [0.717, 1.165) is 0 Å². The first-order valence-corrected chi connectivity index (χ1v) is 9.80. The van der Waals surface area contributed by atoms with Crippen molar-refractivity contribution in [3.8, 4) is 0 Å². The number of hydrogen-bond donors (Lipinski definition) is 4. The molecule has 28 heavy (non-hydrogen) atoms. The van der Waals surface area contributed by atoms with Gasteiger partial charge in [0, 0.05) is 20.1 Å². The number of ether oxygens (including phenoxy) is 1. The summed E-state index contributed by atoms with van der Waals surface area (Å²) >= 11 is 0. The van der Waals surface area contributed by atoms with E-state index >= 15 is 0 Å². The van der Waals surface area contributed by atoms with E-state index in [1.165, 1.54) is 7.05 Å². The number of morpholine rings is 1. The normalized spacial score (nSPS) is 18.9. The lowest BCUT2D eigenvalue weighted by Gasteiger charge is -2.38. The smallest absolute Gasteiger partial charge is 0.261 e. The fourth-order valence-electron chi connectivity index (χ4n) is 3.48.